The van der Waals surface area contributed by atoms with E-state index in [9.17, 15) is 13.2 Å². The summed E-state index contributed by atoms with van der Waals surface area (Å²) in [5.74, 6) is 0.165. The van der Waals surface area contributed by atoms with Crippen molar-refractivity contribution in [1.29, 1.82) is 0 Å². The molecule has 8 heteroatoms. The first-order valence-corrected chi connectivity index (χ1v) is 9.34. The normalized spacial score (nSPS) is 17.5. The van der Waals surface area contributed by atoms with Gasteiger partial charge in [-0.25, -0.2) is 12.4 Å². The number of allylic oxidation sites excluding steroid dienone is 1. The second-order valence-corrected chi connectivity index (χ2v) is 7.91. The molecule has 1 atom stereocenters. The van der Waals surface area contributed by atoms with Crippen LogP contribution in [0.25, 0.3) is 6.08 Å². The number of hydrogen-bond donors (Lipinski definition) is 0. The van der Waals surface area contributed by atoms with Gasteiger partial charge in [0.15, 0.2) is 0 Å². The van der Waals surface area contributed by atoms with Gasteiger partial charge >= 0.3 is 0 Å². The molecule has 1 aliphatic heterocycles. The Morgan fingerprint density at radius 3 is 2.60 bits per heavy atom. The summed E-state index contributed by atoms with van der Waals surface area (Å²) in [4.78, 5) is 10.9. The number of benzene rings is 1. The molecule has 25 heavy (non-hydrogen) atoms. The Balaban J connectivity index is 1.83. The van der Waals surface area contributed by atoms with Crippen LogP contribution >= 0.6 is 11.6 Å². The number of halogens is 1. The molecule has 1 unspecified atom stereocenters. The summed E-state index contributed by atoms with van der Waals surface area (Å²) in [7, 11) is -1.79. The van der Waals surface area contributed by atoms with E-state index < -0.39 is 15.3 Å². The first-order chi connectivity index (χ1) is 11.9. The van der Waals surface area contributed by atoms with Crippen molar-refractivity contribution in [2.75, 3.05) is 13.6 Å². The highest BCUT2D eigenvalue weighted by molar-refractivity contribution is 7.90. The SMILES string of the molecule is CN1CC(c2ccc(S(=O)(=O)n3ccc(/C=C/C(=O)Cl)c3)cc2)C=N1. The number of hydrazone groups is 1. The van der Waals surface area contributed by atoms with Gasteiger partial charge in [0.1, 0.15) is 0 Å². The summed E-state index contributed by atoms with van der Waals surface area (Å²) in [5, 5.41) is 5.42. The van der Waals surface area contributed by atoms with E-state index in [1.165, 1.54) is 24.5 Å². The van der Waals surface area contributed by atoms with Crippen LogP contribution in [0.5, 0.6) is 0 Å². The topological polar surface area (TPSA) is 71.7 Å². The summed E-state index contributed by atoms with van der Waals surface area (Å²) >= 11 is 5.23. The zero-order valence-electron chi connectivity index (χ0n) is 13.4. The van der Waals surface area contributed by atoms with Crippen LogP contribution in [0.15, 0.2) is 58.8 Å². The summed E-state index contributed by atoms with van der Waals surface area (Å²) in [5.41, 5.74) is 1.59. The third-order valence-electron chi connectivity index (χ3n) is 3.89. The van der Waals surface area contributed by atoms with E-state index in [4.69, 9.17) is 11.6 Å². The average molecular weight is 378 g/mol. The Morgan fingerprint density at radius 1 is 1.28 bits per heavy atom. The van der Waals surface area contributed by atoms with Crippen LogP contribution in [-0.2, 0) is 14.8 Å². The number of hydrogen-bond acceptors (Lipinski definition) is 5. The Hall–Kier alpha value is -2.38. The van der Waals surface area contributed by atoms with E-state index in [-0.39, 0.29) is 10.8 Å². The lowest BCUT2D eigenvalue weighted by atomic mass is 10.0. The Kier molecular flexibility index (Phi) is 4.78. The lowest BCUT2D eigenvalue weighted by molar-refractivity contribution is -0.107. The maximum absolute atomic E-state index is 12.7. The van der Waals surface area contributed by atoms with Gasteiger partial charge in [-0.2, -0.15) is 5.10 Å². The van der Waals surface area contributed by atoms with E-state index in [2.05, 4.69) is 5.10 Å². The summed E-state index contributed by atoms with van der Waals surface area (Å²) in [6, 6.07) is 8.38. The van der Waals surface area contributed by atoms with Crippen LogP contribution in [-0.4, -0.2) is 42.4 Å². The summed E-state index contributed by atoms with van der Waals surface area (Å²) in [6.45, 7) is 0.776. The molecule has 0 radical (unpaired) electrons. The number of aromatic nitrogens is 1. The van der Waals surface area contributed by atoms with Gasteiger partial charge in [-0.15, -0.1) is 0 Å². The van der Waals surface area contributed by atoms with Crippen LogP contribution in [0.3, 0.4) is 0 Å². The van der Waals surface area contributed by atoms with Gasteiger partial charge in [-0.3, -0.25) is 9.80 Å². The smallest absolute Gasteiger partial charge is 0.267 e. The molecule has 0 bridgehead atoms. The van der Waals surface area contributed by atoms with Crippen molar-refractivity contribution >= 4 is 39.2 Å². The van der Waals surface area contributed by atoms with Crippen LogP contribution in [0.2, 0.25) is 0 Å². The highest BCUT2D eigenvalue weighted by Crippen LogP contribution is 2.22. The van der Waals surface area contributed by atoms with E-state index in [1.807, 2.05) is 18.3 Å². The highest BCUT2D eigenvalue weighted by Gasteiger charge is 2.20. The van der Waals surface area contributed by atoms with Gasteiger partial charge in [-0.1, -0.05) is 12.1 Å². The Labute approximate surface area is 151 Å². The standard InChI is InChI=1S/C17H16ClN3O3S/c1-20-12-15(10-19-20)14-3-5-16(6-4-14)25(23,24)21-9-8-13(11-21)2-7-17(18)22/h2-11,15H,12H2,1H3/b7-2+. The first-order valence-electron chi connectivity index (χ1n) is 7.52. The van der Waals surface area contributed by atoms with Crippen molar-refractivity contribution in [3.05, 3.63) is 59.9 Å². The fourth-order valence-electron chi connectivity index (χ4n) is 2.58. The zero-order chi connectivity index (χ0) is 18.0. The van der Waals surface area contributed by atoms with E-state index in [0.717, 1.165) is 16.1 Å². The minimum absolute atomic E-state index is 0.165. The second kappa shape index (κ2) is 6.85. The van der Waals surface area contributed by atoms with Crippen molar-refractivity contribution < 1.29 is 13.2 Å². The molecule has 2 heterocycles. The Morgan fingerprint density at radius 2 is 2.00 bits per heavy atom. The van der Waals surface area contributed by atoms with Gasteiger partial charge in [0.25, 0.3) is 10.0 Å². The molecule has 1 aromatic heterocycles. The minimum atomic E-state index is -3.69. The van der Waals surface area contributed by atoms with Gasteiger partial charge < -0.3 is 0 Å². The molecule has 1 aliphatic rings. The fraction of sp³-hybridized carbons (Fsp3) is 0.176. The van der Waals surface area contributed by atoms with Crippen LogP contribution in [0, 0.1) is 0 Å². The average Bonchev–Trinajstić information content (AvgIpc) is 3.22. The third kappa shape index (κ3) is 3.83. The number of rotatable bonds is 5. The summed E-state index contributed by atoms with van der Waals surface area (Å²) < 4.78 is 26.5. The number of carbonyl (C=O) groups is 1. The molecule has 0 N–H and O–H groups in total. The van der Waals surface area contributed by atoms with Crippen LogP contribution in [0.4, 0.5) is 0 Å². The van der Waals surface area contributed by atoms with Gasteiger partial charge in [0.05, 0.1) is 4.90 Å². The zero-order valence-corrected chi connectivity index (χ0v) is 15.0. The van der Waals surface area contributed by atoms with Crippen molar-refractivity contribution in [2.24, 2.45) is 5.10 Å². The molecule has 1 aromatic carbocycles. The van der Waals surface area contributed by atoms with Crippen LogP contribution < -0.4 is 0 Å². The maximum atomic E-state index is 12.7. The minimum Gasteiger partial charge on any atom is -0.299 e. The quantitative estimate of drug-likeness (QED) is 0.593. The van der Waals surface area contributed by atoms with Gasteiger partial charge in [0, 0.05) is 38.1 Å². The molecule has 6 nitrogen and oxygen atoms in total. The number of carbonyl (C=O) groups excluding carboxylic acids is 1. The highest BCUT2D eigenvalue weighted by atomic mass is 35.5. The molecular weight excluding hydrogens is 362 g/mol. The predicted octanol–water partition coefficient (Wildman–Crippen LogP) is 2.52. The van der Waals surface area contributed by atoms with Crippen molar-refractivity contribution in [2.45, 2.75) is 10.8 Å². The van der Waals surface area contributed by atoms with Crippen molar-refractivity contribution in [1.82, 2.24) is 8.98 Å². The molecule has 130 valence electrons. The van der Waals surface area contributed by atoms with Crippen molar-refractivity contribution in [3.8, 4) is 0 Å². The molecule has 0 amide bonds. The Bertz CT molecular complexity index is 946. The molecule has 0 saturated carbocycles. The molecule has 3 rings (SSSR count). The number of nitrogens with zero attached hydrogens (tertiary/aromatic N) is 3. The number of likely N-dealkylation sites (N-methyl/N-ethyl adjacent to an activating group) is 1. The van der Waals surface area contributed by atoms with E-state index in [1.54, 1.807) is 30.3 Å². The summed E-state index contributed by atoms with van der Waals surface area (Å²) in [6.07, 6.45) is 7.34. The monoisotopic (exact) mass is 377 g/mol. The molecule has 0 saturated heterocycles. The van der Waals surface area contributed by atoms with Crippen molar-refractivity contribution in [3.63, 3.8) is 0 Å². The second-order valence-electron chi connectivity index (χ2n) is 5.70. The molecule has 0 aliphatic carbocycles. The molecule has 2 aromatic rings. The molecule has 0 spiro atoms. The van der Waals surface area contributed by atoms with Gasteiger partial charge in [-0.05, 0) is 53.1 Å². The fourth-order valence-corrected chi connectivity index (χ4v) is 3.84. The van der Waals surface area contributed by atoms with Crippen LogP contribution in [0.1, 0.15) is 17.0 Å². The molecular formula is C17H16ClN3O3S. The van der Waals surface area contributed by atoms with E-state index >= 15 is 0 Å². The largest absolute Gasteiger partial charge is 0.299 e. The maximum Gasteiger partial charge on any atom is 0.267 e. The lowest BCUT2D eigenvalue weighted by Gasteiger charge is -2.11. The van der Waals surface area contributed by atoms with E-state index in [0.29, 0.717) is 5.56 Å². The van der Waals surface area contributed by atoms with Gasteiger partial charge in [0.2, 0.25) is 5.24 Å². The predicted molar refractivity (Wildman–Crippen MR) is 97.2 cm³/mol. The molecule has 0 fully saturated rings. The lowest BCUT2D eigenvalue weighted by Crippen LogP contribution is -2.13. The third-order valence-corrected chi connectivity index (χ3v) is 5.66. The first kappa shape index (κ1) is 17.4.